The molecule has 5 rings (SSSR count). The normalized spacial score (nSPS) is 13.7. The van der Waals surface area contributed by atoms with Crippen LogP contribution in [0.4, 0.5) is 0 Å². The van der Waals surface area contributed by atoms with E-state index >= 15 is 0 Å². The van der Waals surface area contributed by atoms with E-state index in [0.717, 1.165) is 0 Å². The fraction of sp³-hybridized carbons (Fsp3) is 0.0800. The maximum Gasteiger partial charge on any atom is 0.287 e. The van der Waals surface area contributed by atoms with Crippen LogP contribution in [0, 0.1) is 0 Å². The molecule has 2 aliphatic rings. The first-order chi connectivity index (χ1) is 17.1. The number of benzene rings is 3. The van der Waals surface area contributed by atoms with Gasteiger partial charge in [0.25, 0.3) is 11.8 Å². The Morgan fingerprint density at radius 1 is 0.857 bits per heavy atom. The Morgan fingerprint density at radius 3 is 2.31 bits per heavy atom. The highest BCUT2D eigenvalue weighted by atomic mass is 79.9. The number of hydrogen-bond acceptors (Lipinski definition) is 7. The first kappa shape index (κ1) is 22.5. The van der Waals surface area contributed by atoms with Crippen LogP contribution in [0.2, 0.25) is 0 Å². The minimum atomic E-state index is -0.611. The Hall–Kier alpha value is -4.31. The van der Waals surface area contributed by atoms with Crippen LogP contribution < -0.4 is 29.7 Å². The second-order valence-corrected chi connectivity index (χ2v) is 8.27. The van der Waals surface area contributed by atoms with Crippen LogP contribution in [0.1, 0.15) is 21.5 Å². The summed E-state index contributed by atoms with van der Waals surface area (Å²) < 4.78 is 22.2. The maximum atomic E-state index is 13.0. The molecule has 3 aromatic carbocycles. The highest BCUT2D eigenvalue weighted by Gasteiger charge is 2.18. The number of rotatable bonds is 6. The van der Waals surface area contributed by atoms with Gasteiger partial charge in [0, 0.05) is 15.6 Å². The Kier molecular flexibility index (Phi) is 6.36. The molecule has 2 N–H and O–H groups in total. The third kappa shape index (κ3) is 5.12. The van der Waals surface area contributed by atoms with Crippen LogP contribution in [-0.2, 0) is 4.79 Å². The summed E-state index contributed by atoms with van der Waals surface area (Å²) in [6, 6.07) is 17.3. The van der Waals surface area contributed by atoms with Crippen molar-refractivity contribution < 1.29 is 28.5 Å². The average Bonchev–Trinajstić information content (AvgIpc) is 3.52. The van der Waals surface area contributed by atoms with Gasteiger partial charge in [-0.1, -0.05) is 24.3 Å². The molecule has 0 atom stereocenters. The van der Waals surface area contributed by atoms with Gasteiger partial charge >= 0.3 is 0 Å². The number of ether oxygens (including phenoxy) is 4. The fourth-order valence-electron chi connectivity index (χ4n) is 3.36. The molecule has 35 heavy (non-hydrogen) atoms. The molecule has 2 heterocycles. The summed E-state index contributed by atoms with van der Waals surface area (Å²) in [7, 11) is 0. The van der Waals surface area contributed by atoms with Crippen molar-refractivity contribution in [1.82, 2.24) is 10.7 Å². The van der Waals surface area contributed by atoms with Gasteiger partial charge in [-0.15, -0.1) is 0 Å². The molecule has 176 valence electrons. The van der Waals surface area contributed by atoms with E-state index in [1.54, 1.807) is 60.7 Å². The number of nitrogens with zero attached hydrogens (tertiary/aromatic N) is 1. The number of carbonyl (C=O) groups is 2. The predicted octanol–water partition coefficient (Wildman–Crippen LogP) is 3.83. The molecule has 0 aromatic heterocycles. The van der Waals surface area contributed by atoms with Crippen molar-refractivity contribution in [3.63, 3.8) is 0 Å². The van der Waals surface area contributed by atoms with Gasteiger partial charge in [0.05, 0.1) is 6.21 Å². The van der Waals surface area contributed by atoms with E-state index in [1.807, 2.05) is 0 Å². The molecule has 0 unspecified atom stereocenters. The van der Waals surface area contributed by atoms with Crippen molar-refractivity contribution in [2.75, 3.05) is 13.6 Å². The highest BCUT2D eigenvalue weighted by molar-refractivity contribution is 9.10. The zero-order valence-electron chi connectivity index (χ0n) is 18.1. The molecule has 0 bridgehead atoms. The van der Waals surface area contributed by atoms with Crippen molar-refractivity contribution >= 4 is 40.0 Å². The summed E-state index contributed by atoms with van der Waals surface area (Å²) in [5.74, 6) is 1.32. The zero-order chi connectivity index (χ0) is 24.2. The second kappa shape index (κ2) is 9.90. The third-order valence-electron chi connectivity index (χ3n) is 5.10. The molecule has 0 aliphatic carbocycles. The first-order valence-electron chi connectivity index (χ1n) is 10.5. The summed E-state index contributed by atoms with van der Waals surface area (Å²) in [5.41, 5.74) is 4.17. The number of amides is 2. The SMILES string of the molecule is O=C(N/N=C/c1cc2c(cc1Br)OCO2)/C(=C\c1ccc2c(c1)OCO2)NC(=O)c1ccccc1. The molecule has 3 aromatic rings. The third-order valence-corrected chi connectivity index (χ3v) is 5.78. The second-order valence-electron chi connectivity index (χ2n) is 7.42. The van der Waals surface area contributed by atoms with E-state index in [9.17, 15) is 9.59 Å². The largest absolute Gasteiger partial charge is 0.454 e. The van der Waals surface area contributed by atoms with Gasteiger partial charge in [-0.25, -0.2) is 5.43 Å². The van der Waals surface area contributed by atoms with Crippen LogP contribution >= 0.6 is 15.9 Å². The van der Waals surface area contributed by atoms with Gasteiger partial charge in [-0.3, -0.25) is 9.59 Å². The molecule has 0 saturated heterocycles. The van der Waals surface area contributed by atoms with Crippen molar-refractivity contribution in [3.05, 3.63) is 87.5 Å². The summed E-state index contributed by atoms with van der Waals surface area (Å²) in [6.45, 7) is 0.277. The number of fused-ring (bicyclic) bond motifs is 2. The van der Waals surface area contributed by atoms with Crippen molar-refractivity contribution in [2.45, 2.75) is 0 Å². The molecular weight excluding hydrogens is 518 g/mol. The lowest BCUT2D eigenvalue weighted by atomic mass is 10.1. The number of nitrogens with one attached hydrogen (secondary N) is 2. The molecule has 0 saturated carbocycles. The lowest BCUT2D eigenvalue weighted by Crippen LogP contribution is -2.32. The Morgan fingerprint density at radius 2 is 1.54 bits per heavy atom. The lowest BCUT2D eigenvalue weighted by Gasteiger charge is -2.09. The van der Waals surface area contributed by atoms with Crippen LogP contribution in [0.25, 0.3) is 6.08 Å². The lowest BCUT2D eigenvalue weighted by molar-refractivity contribution is -0.117. The summed E-state index contributed by atoms with van der Waals surface area (Å²) in [4.78, 5) is 25.7. The first-order valence-corrected chi connectivity index (χ1v) is 11.3. The van der Waals surface area contributed by atoms with Crippen molar-refractivity contribution in [3.8, 4) is 23.0 Å². The number of hydrazone groups is 1. The standard InChI is InChI=1S/C25H18BrN3O6/c26-18-11-23-22(34-14-35-23)10-17(18)12-27-29-25(31)19(28-24(30)16-4-2-1-3-5-16)8-15-6-7-20-21(9-15)33-13-32-20/h1-12H,13-14H2,(H,28,30)(H,29,31)/b19-8+,27-12+. The molecule has 0 spiro atoms. The average molecular weight is 536 g/mol. The molecule has 9 nitrogen and oxygen atoms in total. The van der Waals surface area contributed by atoms with Gasteiger partial charge in [-0.2, -0.15) is 5.10 Å². The topological polar surface area (TPSA) is 107 Å². The van der Waals surface area contributed by atoms with Crippen molar-refractivity contribution in [1.29, 1.82) is 0 Å². The van der Waals surface area contributed by atoms with E-state index in [2.05, 4.69) is 31.8 Å². The maximum absolute atomic E-state index is 13.0. The fourth-order valence-corrected chi connectivity index (χ4v) is 3.79. The minimum absolute atomic E-state index is 0.000351. The Bertz CT molecular complexity index is 1360. The van der Waals surface area contributed by atoms with Crippen molar-refractivity contribution in [2.24, 2.45) is 5.10 Å². The van der Waals surface area contributed by atoms with Crippen LogP contribution in [0.3, 0.4) is 0 Å². The molecule has 10 heteroatoms. The van der Waals surface area contributed by atoms with E-state index in [1.165, 1.54) is 12.3 Å². The minimum Gasteiger partial charge on any atom is -0.454 e. The number of halogens is 1. The van der Waals surface area contributed by atoms with Gasteiger partial charge in [0.1, 0.15) is 5.70 Å². The quantitative estimate of drug-likeness (QED) is 0.282. The van der Waals surface area contributed by atoms with E-state index < -0.39 is 11.8 Å². The van der Waals surface area contributed by atoms with E-state index in [4.69, 9.17) is 18.9 Å². The van der Waals surface area contributed by atoms with Crippen LogP contribution in [-0.4, -0.2) is 31.6 Å². The Labute approximate surface area is 208 Å². The molecule has 2 amide bonds. The smallest absolute Gasteiger partial charge is 0.287 e. The van der Waals surface area contributed by atoms with Gasteiger partial charge < -0.3 is 24.3 Å². The van der Waals surface area contributed by atoms with Gasteiger partial charge in [0.15, 0.2) is 23.0 Å². The van der Waals surface area contributed by atoms with E-state index in [0.29, 0.717) is 44.2 Å². The summed E-state index contributed by atoms with van der Waals surface area (Å²) in [6.07, 6.45) is 2.99. The molecular formula is C25H18BrN3O6. The monoisotopic (exact) mass is 535 g/mol. The zero-order valence-corrected chi connectivity index (χ0v) is 19.7. The van der Waals surface area contributed by atoms with Crippen LogP contribution in [0.15, 0.2) is 75.9 Å². The molecule has 2 aliphatic heterocycles. The predicted molar refractivity (Wildman–Crippen MR) is 130 cm³/mol. The van der Waals surface area contributed by atoms with E-state index in [-0.39, 0.29) is 19.3 Å². The highest BCUT2D eigenvalue weighted by Crippen LogP contribution is 2.36. The molecule has 0 fully saturated rings. The molecule has 0 radical (unpaired) electrons. The number of carbonyl (C=O) groups excluding carboxylic acids is 2. The van der Waals surface area contributed by atoms with Gasteiger partial charge in [0.2, 0.25) is 13.6 Å². The summed E-state index contributed by atoms with van der Waals surface area (Å²) in [5, 5.41) is 6.70. The summed E-state index contributed by atoms with van der Waals surface area (Å²) >= 11 is 3.44. The van der Waals surface area contributed by atoms with Gasteiger partial charge in [-0.05, 0) is 64.0 Å². The Balaban J connectivity index is 1.37. The van der Waals surface area contributed by atoms with Crippen LogP contribution in [0.5, 0.6) is 23.0 Å². The number of hydrogen-bond donors (Lipinski definition) is 2.